The van der Waals surface area contributed by atoms with Gasteiger partial charge in [-0.2, -0.15) is 0 Å². The van der Waals surface area contributed by atoms with E-state index < -0.39 is 5.82 Å². The van der Waals surface area contributed by atoms with Gasteiger partial charge < -0.3 is 10.5 Å². The minimum Gasteiger partial charge on any atom is -0.454 e. The number of anilines is 1. The van der Waals surface area contributed by atoms with Gasteiger partial charge in [0.1, 0.15) is 11.6 Å². The summed E-state index contributed by atoms with van der Waals surface area (Å²) in [5.74, 6) is 0.408. The third-order valence-electron chi connectivity index (χ3n) is 2.94. The van der Waals surface area contributed by atoms with Gasteiger partial charge in [0.05, 0.1) is 10.7 Å². The molecule has 3 nitrogen and oxygen atoms in total. The first-order valence-corrected chi connectivity index (χ1v) is 6.28. The van der Waals surface area contributed by atoms with Gasteiger partial charge in [0.2, 0.25) is 0 Å². The summed E-state index contributed by atoms with van der Waals surface area (Å²) >= 11 is 5.93. The smallest absolute Gasteiger partial charge is 0.151 e. The summed E-state index contributed by atoms with van der Waals surface area (Å²) in [6.07, 6.45) is 3.38. The van der Waals surface area contributed by atoms with Crippen LogP contribution in [0.3, 0.4) is 0 Å². The number of rotatable bonds is 2. The molecule has 0 saturated heterocycles. The number of pyridine rings is 1. The number of nitrogen functional groups attached to an aromatic ring is 1. The van der Waals surface area contributed by atoms with Crippen molar-refractivity contribution in [2.45, 2.75) is 0 Å². The van der Waals surface area contributed by atoms with E-state index >= 15 is 0 Å². The van der Waals surface area contributed by atoms with Crippen LogP contribution in [0, 0.1) is 5.82 Å². The maximum Gasteiger partial charge on any atom is 0.151 e. The summed E-state index contributed by atoms with van der Waals surface area (Å²) in [5.41, 5.74) is 6.57. The first-order chi connectivity index (χ1) is 9.65. The Labute approximate surface area is 119 Å². The zero-order chi connectivity index (χ0) is 14.1. The number of benzene rings is 2. The highest BCUT2D eigenvalue weighted by Gasteiger charge is 2.09. The lowest BCUT2D eigenvalue weighted by Gasteiger charge is -2.11. The second-order valence-corrected chi connectivity index (χ2v) is 4.66. The molecule has 1 heterocycles. The Morgan fingerprint density at radius 2 is 1.90 bits per heavy atom. The Bertz CT molecular complexity index is 792. The van der Waals surface area contributed by atoms with Crippen molar-refractivity contribution in [2.24, 2.45) is 0 Å². The Balaban J connectivity index is 2.04. The number of nitrogens with zero attached hydrogens (tertiary/aromatic N) is 1. The van der Waals surface area contributed by atoms with Crippen molar-refractivity contribution in [3.05, 3.63) is 59.6 Å². The van der Waals surface area contributed by atoms with E-state index in [2.05, 4.69) is 4.98 Å². The van der Waals surface area contributed by atoms with Gasteiger partial charge in [-0.15, -0.1) is 0 Å². The van der Waals surface area contributed by atoms with Crippen LogP contribution in [0.25, 0.3) is 10.8 Å². The molecule has 1 aromatic heterocycles. The Morgan fingerprint density at radius 1 is 1.10 bits per heavy atom. The Morgan fingerprint density at radius 3 is 2.70 bits per heavy atom. The second-order valence-electron chi connectivity index (χ2n) is 4.25. The van der Waals surface area contributed by atoms with Gasteiger partial charge in [-0.25, -0.2) is 4.39 Å². The molecule has 2 aromatic carbocycles. The molecule has 0 radical (unpaired) electrons. The van der Waals surface area contributed by atoms with E-state index in [-0.39, 0.29) is 5.02 Å². The second kappa shape index (κ2) is 4.98. The van der Waals surface area contributed by atoms with Gasteiger partial charge in [-0.1, -0.05) is 11.6 Å². The van der Waals surface area contributed by atoms with E-state index in [4.69, 9.17) is 22.1 Å². The highest BCUT2D eigenvalue weighted by atomic mass is 35.5. The molecule has 3 rings (SSSR count). The summed E-state index contributed by atoms with van der Waals surface area (Å²) in [6, 6.07) is 9.34. The Hall–Kier alpha value is -2.33. The topological polar surface area (TPSA) is 48.1 Å². The largest absolute Gasteiger partial charge is 0.454 e. The van der Waals surface area contributed by atoms with Gasteiger partial charge in [-0.05, 0) is 36.4 Å². The lowest BCUT2D eigenvalue weighted by atomic mass is 10.1. The third-order valence-corrected chi connectivity index (χ3v) is 3.23. The van der Waals surface area contributed by atoms with Crippen molar-refractivity contribution in [1.29, 1.82) is 0 Å². The normalized spacial score (nSPS) is 10.7. The number of hydrogen-bond donors (Lipinski definition) is 1. The molecule has 0 aliphatic carbocycles. The predicted molar refractivity (Wildman–Crippen MR) is 77.6 cm³/mol. The zero-order valence-corrected chi connectivity index (χ0v) is 11.1. The first kappa shape index (κ1) is 12.7. The molecule has 0 aliphatic heterocycles. The van der Waals surface area contributed by atoms with E-state index in [9.17, 15) is 4.39 Å². The maximum atomic E-state index is 13.0. The average molecular weight is 289 g/mol. The fourth-order valence-electron chi connectivity index (χ4n) is 1.94. The highest BCUT2D eigenvalue weighted by molar-refractivity contribution is 6.32. The number of fused-ring (bicyclic) bond motifs is 1. The van der Waals surface area contributed by atoms with E-state index in [0.29, 0.717) is 17.2 Å². The van der Waals surface area contributed by atoms with Crippen LogP contribution in [0.1, 0.15) is 0 Å². The van der Waals surface area contributed by atoms with E-state index in [1.165, 1.54) is 18.2 Å². The van der Waals surface area contributed by atoms with Crippen molar-refractivity contribution in [1.82, 2.24) is 4.98 Å². The van der Waals surface area contributed by atoms with Crippen LogP contribution in [0.4, 0.5) is 10.1 Å². The van der Waals surface area contributed by atoms with Gasteiger partial charge >= 0.3 is 0 Å². The lowest BCUT2D eigenvalue weighted by Crippen LogP contribution is -1.94. The van der Waals surface area contributed by atoms with Crippen LogP contribution in [-0.2, 0) is 0 Å². The van der Waals surface area contributed by atoms with Crippen LogP contribution in [0.15, 0.2) is 48.8 Å². The monoisotopic (exact) mass is 288 g/mol. The van der Waals surface area contributed by atoms with Crippen molar-refractivity contribution in [2.75, 3.05) is 5.73 Å². The molecule has 100 valence electrons. The average Bonchev–Trinajstić information content (AvgIpc) is 2.45. The van der Waals surface area contributed by atoms with Gasteiger partial charge in [0.15, 0.2) is 5.75 Å². The summed E-state index contributed by atoms with van der Waals surface area (Å²) in [6.45, 7) is 0. The molecule has 2 N–H and O–H groups in total. The molecule has 0 spiro atoms. The molecular formula is C15H10ClFN2O. The Kier molecular flexibility index (Phi) is 3.16. The molecule has 5 heteroatoms. The molecule has 3 aromatic rings. The van der Waals surface area contributed by atoms with E-state index in [0.717, 1.165) is 10.8 Å². The SMILES string of the molecule is Nc1c(Oc2ccc(F)cc2Cl)ccc2cnccc12. The summed E-state index contributed by atoms with van der Waals surface area (Å²) in [5, 5.41) is 1.96. The molecule has 0 aliphatic rings. The number of halogens is 2. The quantitative estimate of drug-likeness (QED) is 0.711. The molecule has 0 fully saturated rings. The summed E-state index contributed by atoms with van der Waals surface area (Å²) < 4.78 is 18.7. The van der Waals surface area contributed by atoms with Gasteiger partial charge in [0.25, 0.3) is 0 Å². The van der Waals surface area contributed by atoms with Crippen molar-refractivity contribution in [3.8, 4) is 11.5 Å². The molecule has 0 saturated carbocycles. The minimum absolute atomic E-state index is 0.194. The molecule has 0 unspecified atom stereocenters. The molecule has 20 heavy (non-hydrogen) atoms. The van der Waals surface area contributed by atoms with Crippen LogP contribution < -0.4 is 10.5 Å². The fourth-order valence-corrected chi connectivity index (χ4v) is 2.14. The fraction of sp³-hybridized carbons (Fsp3) is 0. The van der Waals surface area contributed by atoms with Crippen molar-refractivity contribution >= 4 is 28.1 Å². The zero-order valence-electron chi connectivity index (χ0n) is 10.3. The van der Waals surface area contributed by atoms with Gasteiger partial charge in [0, 0.05) is 23.2 Å². The van der Waals surface area contributed by atoms with Crippen LogP contribution in [0.5, 0.6) is 11.5 Å². The standard InChI is InChI=1S/C15H10ClFN2O/c16-12-7-10(17)2-4-13(12)20-14-3-1-9-8-19-6-5-11(9)15(14)18/h1-8H,18H2. The molecule has 0 bridgehead atoms. The van der Waals surface area contributed by atoms with Crippen LogP contribution >= 0.6 is 11.6 Å². The van der Waals surface area contributed by atoms with E-state index in [1.54, 1.807) is 18.5 Å². The van der Waals surface area contributed by atoms with Gasteiger partial charge in [-0.3, -0.25) is 4.98 Å². The van der Waals surface area contributed by atoms with Crippen molar-refractivity contribution in [3.63, 3.8) is 0 Å². The lowest BCUT2D eigenvalue weighted by molar-refractivity contribution is 0.484. The minimum atomic E-state index is -0.417. The van der Waals surface area contributed by atoms with Crippen LogP contribution in [0.2, 0.25) is 5.02 Å². The number of nitrogens with two attached hydrogens (primary N) is 1. The molecular weight excluding hydrogens is 279 g/mol. The molecule has 0 amide bonds. The maximum absolute atomic E-state index is 13.0. The van der Waals surface area contributed by atoms with Crippen LogP contribution in [-0.4, -0.2) is 4.98 Å². The predicted octanol–water partition coefficient (Wildman–Crippen LogP) is 4.40. The number of ether oxygens (including phenoxy) is 1. The number of aromatic nitrogens is 1. The number of hydrogen-bond acceptors (Lipinski definition) is 3. The first-order valence-electron chi connectivity index (χ1n) is 5.90. The van der Waals surface area contributed by atoms with Crippen molar-refractivity contribution < 1.29 is 9.13 Å². The van der Waals surface area contributed by atoms with E-state index in [1.807, 2.05) is 12.1 Å². The highest BCUT2D eigenvalue weighted by Crippen LogP contribution is 2.36. The third kappa shape index (κ3) is 2.26. The summed E-state index contributed by atoms with van der Waals surface area (Å²) in [4.78, 5) is 4.03. The summed E-state index contributed by atoms with van der Waals surface area (Å²) in [7, 11) is 0. The molecule has 0 atom stereocenters.